The van der Waals surface area contributed by atoms with Gasteiger partial charge in [0, 0.05) is 18.7 Å². The Hall–Kier alpha value is -0.413. The van der Waals surface area contributed by atoms with Crippen molar-refractivity contribution in [1.29, 1.82) is 0 Å². The molecule has 0 fully saturated rings. The minimum atomic E-state index is -0.968. The minimum Gasteiger partial charge on any atom is -0.254 e. The molecule has 0 saturated carbocycles. The van der Waals surface area contributed by atoms with Crippen LogP contribution in [0.2, 0.25) is 25.7 Å². The van der Waals surface area contributed by atoms with Crippen molar-refractivity contribution in [1.82, 2.24) is 0 Å². The number of hydrogen-bond acceptors (Lipinski definition) is 1. The van der Waals surface area contributed by atoms with Gasteiger partial charge in [0.1, 0.15) is 0 Å². The first kappa shape index (κ1) is 13.7. The molecule has 0 bridgehead atoms. The van der Waals surface area contributed by atoms with Gasteiger partial charge in [-0.15, -0.1) is 0 Å². The lowest BCUT2D eigenvalue weighted by Gasteiger charge is -2.14. The molecule has 0 aliphatic heterocycles. The number of benzene rings is 1. The summed E-state index contributed by atoms with van der Waals surface area (Å²) in [5.41, 5.74) is 1.22. The smallest absolute Gasteiger partial charge is 0.0529 e. The molecule has 0 heterocycles. The van der Waals surface area contributed by atoms with Gasteiger partial charge in [-0.3, -0.25) is 4.21 Å². The van der Waals surface area contributed by atoms with Gasteiger partial charge in [-0.1, -0.05) is 43.4 Å². The number of rotatable bonds is 5. The summed E-state index contributed by atoms with van der Waals surface area (Å²) in [7, 11) is -1.77. The van der Waals surface area contributed by atoms with Crippen LogP contribution in [-0.2, 0) is 10.8 Å². The van der Waals surface area contributed by atoms with Gasteiger partial charge in [-0.05, 0) is 25.5 Å². The molecule has 1 nitrogen and oxygen atoms in total. The third-order valence-corrected chi connectivity index (χ3v) is 5.85. The monoisotopic (exact) mass is 254 g/mol. The quantitative estimate of drug-likeness (QED) is 0.730. The third kappa shape index (κ3) is 5.08. The van der Waals surface area contributed by atoms with E-state index in [4.69, 9.17) is 0 Å². The summed E-state index contributed by atoms with van der Waals surface area (Å²) < 4.78 is 12.0. The van der Waals surface area contributed by atoms with Gasteiger partial charge in [0.2, 0.25) is 0 Å². The topological polar surface area (TPSA) is 17.1 Å². The van der Waals surface area contributed by atoms with E-state index in [0.29, 0.717) is 0 Å². The van der Waals surface area contributed by atoms with Crippen molar-refractivity contribution >= 4 is 18.9 Å². The summed E-state index contributed by atoms with van der Waals surface area (Å²) in [5, 5.41) is 0. The third-order valence-electron chi connectivity index (χ3n) is 2.54. The molecule has 0 aromatic heterocycles. The van der Waals surface area contributed by atoms with Crippen molar-refractivity contribution in [3.8, 4) is 0 Å². The first-order valence-corrected chi connectivity index (χ1v) is 10.9. The molecule has 1 aromatic rings. The van der Waals surface area contributed by atoms with Crippen LogP contribution in [-0.4, -0.2) is 18.0 Å². The maximum Gasteiger partial charge on any atom is 0.0529 e. The molecule has 0 radical (unpaired) electrons. The Morgan fingerprint density at radius 1 is 1.12 bits per heavy atom. The highest BCUT2D eigenvalue weighted by molar-refractivity contribution is 7.85. The van der Waals surface area contributed by atoms with E-state index >= 15 is 0 Å². The van der Waals surface area contributed by atoms with E-state index in [1.165, 1.54) is 11.6 Å². The summed E-state index contributed by atoms with van der Waals surface area (Å²) in [6.45, 7) is 9.14. The van der Waals surface area contributed by atoms with Crippen LogP contribution in [0.3, 0.4) is 0 Å². The molecule has 1 aromatic carbocycles. The van der Waals surface area contributed by atoms with Gasteiger partial charge in [-0.2, -0.15) is 0 Å². The van der Waals surface area contributed by atoms with E-state index in [-0.39, 0.29) is 0 Å². The zero-order valence-electron chi connectivity index (χ0n) is 10.7. The second-order valence-corrected chi connectivity index (χ2v) is 12.7. The van der Waals surface area contributed by atoms with Crippen LogP contribution in [0, 0.1) is 6.92 Å². The van der Waals surface area contributed by atoms with E-state index in [9.17, 15) is 4.21 Å². The van der Waals surface area contributed by atoms with Crippen LogP contribution in [0.15, 0.2) is 29.2 Å². The van der Waals surface area contributed by atoms with Crippen LogP contribution in [0.1, 0.15) is 12.0 Å². The van der Waals surface area contributed by atoms with E-state index in [2.05, 4.69) is 26.6 Å². The molecule has 0 amide bonds. The summed E-state index contributed by atoms with van der Waals surface area (Å²) in [4.78, 5) is 0.973. The second kappa shape index (κ2) is 5.78. The van der Waals surface area contributed by atoms with Gasteiger partial charge < -0.3 is 0 Å². The predicted molar refractivity (Wildman–Crippen MR) is 75.2 cm³/mol. The molecule has 0 saturated heterocycles. The molecule has 1 atom stereocenters. The van der Waals surface area contributed by atoms with Crippen LogP contribution >= 0.6 is 0 Å². The molecule has 90 valence electrons. The molecule has 1 rings (SSSR count). The van der Waals surface area contributed by atoms with Crippen LogP contribution in [0.25, 0.3) is 0 Å². The largest absolute Gasteiger partial charge is 0.254 e. The van der Waals surface area contributed by atoms with Gasteiger partial charge in [-0.25, -0.2) is 0 Å². The molecular weight excluding hydrogens is 232 g/mol. The molecule has 0 unspecified atom stereocenters. The Labute approximate surface area is 103 Å². The lowest BCUT2D eigenvalue weighted by Crippen LogP contribution is -2.19. The maximum atomic E-state index is 12.0. The highest BCUT2D eigenvalue weighted by Gasteiger charge is 2.13. The van der Waals surface area contributed by atoms with Gasteiger partial charge in [0.25, 0.3) is 0 Å². The summed E-state index contributed by atoms with van der Waals surface area (Å²) in [6.07, 6.45) is 1.09. The SMILES string of the molecule is Cc1ccc([S@](=O)CCC[Si](C)(C)C)cc1. The Morgan fingerprint density at radius 2 is 1.69 bits per heavy atom. The molecular formula is C13H22OSSi. The average molecular weight is 254 g/mol. The first-order chi connectivity index (χ1) is 7.38. The minimum absolute atomic E-state index is 0.804. The van der Waals surface area contributed by atoms with Crippen molar-refractivity contribution in [2.75, 3.05) is 5.75 Å². The van der Waals surface area contributed by atoms with Crippen molar-refractivity contribution in [3.63, 3.8) is 0 Å². The Balaban J connectivity index is 2.44. The highest BCUT2D eigenvalue weighted by atomic mass is 32.2. The average Bonchev–Trinajstić information content (AvgIpc) is 2.16. The van der Waals surface area contributed by atoms with Gasteiger partial charge >= 0.3 is 0 Å². The molecule has 0 N–H and O–H groups in total. The van der Waals surface area contributed by atoms with Crippen LogP contribution in [0.4, 0.5) is 0 Å². The van der Waals surface area contributed by atoms with E-state index in [1.807, 2.05) is 24.3 Å². The second-order valence-electron chi connectivity index (χ2n) is 5.53. The fourth-order valence-corrected chi connectivity index (χ4v) is 4.12. The maximum absolute atomic E-state index is 12.0. The summed E-state index contributed by atoms with van der Waals surface area (Å²) in [5.74, 6) is 0.813. The molecule has 16 heavy (non-hydrogen) atoms. The molecule has 3 heteroatoms. The zero-order valence-corrected chi connectivity index (χ0v) is 12.6. The lowest BCUT2D eigenvalue weighted by molar-refractivity contribution is 0.681. The molecule has 0 spiro atoms. The fourth-order valence-electron chi connectivity index (χ4n) is 1.54. The standard InChI is InChI=1S/C13H22OSSi/c1-12-6-8-13(9-7-12)15(14)10-5-11-16(2,3)4/h6-9H,5,10-11H2,1-4H3/t15-/m1/s1. The summed E-state index contributed by atoms with van der Waals surface area (Å²) in [6, 6.07) is 9.31. The Morgan fingerprint density at radius 3 is 2.19 bits per heavy atom. The van der Waals surface area contributed by atoms with Crippen molar-refractivity contribution < 1.29 is 4.21 Å². The molecule has 0 aliphatic carbocycles. The van der Waals surface area contributed by atoms with Gasteiger partial charge in [0.15, 0.2) is 0 Å². The highest BCUT2D eigenvalue weighted by Crippen LogP contribution is 2.14. The first-order valence-electron chi connectivity index (χ1n) is 5.83. The summed E-state index contributed by atoms with van der Waals surface area (Å²) >= 11 is 0. The lowest BCUT2D eigenvalue weighted by atomic mass is 10.2. The van der Waals surface area contributed by atoms with Crippen molar-refractivity contribution in [2.45, 2.75) is 43.9 Å². The predicted octanol–water partition coefficient (Wildman–Crippen LogP) is 3.83. The van der Waals surface area contributed by atoms with Gasteiger partial charge in [0.05, 0.1) is 10.8 Å². The molecule has 0 aliphatic rings. The number of aryl methyl sites for hydroxylation is 1. The van der Waals surface area contributed by atoms with E-state index < -0.39 is 18.9 Å². The zero-order chi connectivity index (χ0) is 12.2. The van der Waals surface area contributed by atoms with E-state index in [1.54, 1.807) is 0 Å². The number of hydrogen-bond donors (Lipinski definition) is 0. The van der Waals surface area contributed by atoms with Crippen molar-refractivity contribution in [3.05, 3.63) is 29.8 Å². The Kier molecular flexibility index (Phi) is 4.93. The Bertz CT molecular complexity index is 351. The van der Waals surface area contributed by atoms with Crippen LogP contribution < -0.4 is 0 Å². The van der Waals surface area contributed by atoms with Crippen molar-refractivity contribution in [2.24, 2.45) is 0 Å². The normalized spacial score (nSPS) is 13.8. The fraction of sp³-hybridized carbons (Fsp3) is 0.538. The van der Waals surface area contributed by atoms with Crippen LogP contribution in [0.5, 0.6) is 0 Å². The van der Waals surface area contributed by atoms with E-state index in [0.717, 1.165) is 17.1 Å².